The van der Waals surface area contributed by atoms with E-state index in [-0.39, 0.29) is 22.8 Å². The molecular formula is C16H19ClFNO5S. The van der Waals surface area contributed by atoms with Crippen molar-refractivity contribution < 1.29 is 27.1 Å². The number of halogens is 2. The molecule has 0 radical (unpaired) electrons. The summed E-state index contributed by atoms with van der Waals surface area (Å²) in [4.78, 5) is 24.0. The van der Waals surface area contributed by atoms with Crippen LogP contribution in [0.5, 0.6) is 0 Å². The summed E-state index contributed by atoms with van der Waals surface area (Å²) >= 11 is 5.74. The highest BCUT2D eigenvalue weighted by atomic mass is 35.5. The van der Waals surface area contributed by atoms with E-state index in [4.69, 9.17) is 16.3 Å². The summed E-state index contributed by atoms with van der Waals surface area (Å²) in [5.41, 5.74) is -0.288. The van der Waals surface area contributed by atoms with Gasteiger partial charge in [0, 0.05) is 25.2 Å². The van der Waals surface area contributed by atoms with Crippen LogP contribution < -0.4 is 4.72 Å². The molecule has 1 saturated heterocycles. The molecule has 25 heavy (non-hydrogen) atoms. The lowest BCUT2D eigenvalue weighted by Crippen LogP contribution is -2.40. The van der Waals surface area contributed by atoms with E-state index in [1.807, 2.05) is 0 Å². The molecule has 0 unspecified atom stereocenters. The minimum absolute atomic E-state index is 0.115. The van der Waals surface area contributed by atoms with Crippen LogP contribution in [0, 0.1) is 5.82 Å². The van der Waals surface area contributed by atoms with E-state index in [2.05, 4.69) is 4.72 Å². The molecule has 9 heteroatoms. The Labute approximate surface area is 150 Å². The predicted octanol–water partition coefficient (Wildman–Crippen LogP) is 2.35. The van der Waals surface area contributed by atoms with E-state index in [0.29, 0.717) is 26.1 Å². The number of rotatable bonds is 7. The van der Waals surface area contributed by atoms with Crippen LogP contribution in [0.4, 0.5) is 4.39 Å². The number of hydrogen-bond donors (Lipinski definition) is 1. The second kappa shape index (κ2) is 8.35. The van der Waals surface area contributed by atoms with Crippen LogP contribution in [0.3, 0.4) is 0 Å². The number of ether oxygens (including phenoxy) is 1. The first-order valence-electron chi connectivity index (χ1n) is 7.88. The maximum atomic E-state index is 14.1. The van der Waals surface area contributed by atoms with Gasteiger partial charge in [0.25, 0.3) is 0 Å². The van der Waals surface area contributed by atoms with Gasteiger partial charge in [0.15, 0.2) is 17.4 Å². The number of carbonyl (C=O) groups is 2. The normalized spacial score (nSPS) is 16.0. The third-order valence-corrected chi connectivity index (χ3v) is 6.18. The molecule has 0 aliphatic carbocycles. The maximum Gasteiger partial charge on any atom is 0.215 e. The highest BCUT2D eigenvalue weighted by Gasteiger charge is 2.28. The van der Waals surface area contributed by atoms with Gasteiger partial charge in [-0.25, -0.2) is 17.5 Å². The molecule has 1 heterocycles. The average molecular weight is 392 g/mol. The Morgan fingerprint density at radius 3 is 2.52 bits per heavy atom. The first-order valence-corrected chi connectivity index (χ1v) is 9.80. The fourth-order valence-corrected chi connectivity index (χ4v) is 4.12. The van der Waals surface area contributed by atoms with Crippen LogP contribution in [-0.4, -0.2) is 45.0 Å². The Hall–Kier alpha value is -1.35. The highest BCUT2D eigenvalue weighted by molar-refractivity contribution is 7.90. The number of benzene rings is 1. The van der Waals surface area contributed by atoms with Gasteiger partial charge in [-0.1, -0.05) is 18.5 Å². The molecule has 0 spiro atoms. The standard InChI is InChI=1S/C16H19ClFNO5S/c1-2-14(20)10-7-12(16(18)13(17)8-10)15(21)9-19-25(22,23)11-3-5-24-6-4-11/h7-8,11,19H,2-6,9H2,1H3. The van der Waals surface area contributed by atoms with Crippen LogP contribution >= 0.6 is 11.6 Å². The van der Waals surface area contributed by atoms with Crippen molar-refractivity contribution >= 4 is 33.2 Å². The molecule has 0 amide bonds. The fourth-order valence-electron chi connectivity index (χ4n) is 2.52. The number of hydrogen-bond acceptors (Lipinski definition) is 5. The van der Waals surface area contributed by atoms with Gasteiger partial charge in [0.05, 0.1) is 22.4 Å². The number of nitrogens with one attached hydrogen (secondary N) is 1. The van der Waals surface area contributed by atoms with E-state index in [0.717, 1.165) is 12.1 Å². The summed E-state index contributed by atoms with van der Waals surface area (Å²) in [7, 11) is -3.71. The van der Waals surface area contributed by atoms with Crippen molar-refractivity contribution in [3.05, 3.63) is 34.1 Å². The molecule has 0 bridgehead atoms. The van der Waals surface area contributed by atoms with Crippen LogP contribution in [0.15, 0.2) is 12.1 Å². The largest absolute Gasteiger partial charge is 0.381 e. The van der Waals surface area contributed by atoms with E-state index >= 15 is 0 Å². The van der Waals surface area contributed by atoms with Crippen molar-refractivity contribution in [3.8, 4) is 0 Å². The molecule has 1 N–H and O–H groups in total. The van der Waals surface area contributed by atoms with Crippen molar-refractivity contribution in [2.75, 3.05) is 19.8 Å². The van der Waals surface area contributed by atoms with Gasteiger partial charge in [-0.3, -0.25) is 9.59 Å². The quantitative estimate of drug-likeness (QED) is 0.720. The summed E-state index contributed by atoms with van der Waals surface area (Å²) in [6.45, 7) is 1.70. The topological polar surface area (TPSA) is 89.5 Å². The Balaban J connectivity index is 2.15. The lowest BCUT2D eigenvalue weighted by atomic mass is 10.0. The first-order chi connectivity index (χ1) is 11.8. The fraction of sp³-hybridized carbons (Fsp3) is 0.500. The third-order valence-electron chi connectivity index (χ3n) is 4.01. The Bertz CT molecular complexity index is 775. The lowest BCUT2D eigenvalue weighted by molar-refractivity contribution is 0.0974. The lowest BCUT2D eigenvalue weighted by Gasteiger charge is -2.22. The van der Waals surface area contributed by atoms with Gasteiger partial charge in [-0.05, 0) is 25.0 Å². The van der Waals surface area contributed by atoms with Gasteiger partial charge in [0.1, 0.15) is 0 Å². The average Bonchev–Trinajstić information content (AvgIpc) is 2.62. The van der Waals surface area contributed by atoms with Crippen LogP contribution in [0.25, 0.3) is 0 Å². The van der Waals surface area contributed by atoms with Crippen LogP contribution in [-0.2, 0) is 14.8 Å². The number of sulfonamides is 1. The highest BCUT2D eigenvalue weighted by Crippen LogP contribution is 2.22. The summed E-state index contributed by atoms with van der Waals surface area (Å²) < 4.78 is 45.8. The molecule has 2 rings (SSSR count). The minimum atomic E-state index is -3.71. The first kappa shape index (κ1) is 20.0. The van der Waals surface area contributed by atoms with E-state index in [9.17, 15) is 22.4 Å². The van der Waals surface area contributed by atoms with Crippen LogP contribution in [0.2, 0.25) is 5.02 Å². The molecule has 1 aliphatic rings. The van der Waals surface area contributed by atoms with Gasteiger partial charge >= 0.3 is 0 Å². The van der Waals surface area contributed by atoms with Crippen molar-refractivity contribution in [3.63, 3.8) is 0 Å². The molecule has 1 aliphatic heterocycles. The predicted molar refractivity (Wildman–Crippen MR) is 91.1 cm³/mol. The molecule has 0 aromatic heterocycles. The Morgan fingerprint density at radius 2 is 1.92 bits per heavy atom. The van der Waals surface area contributed by atoms with Crippen molar-refractivity contribution in [1.82, 2.24) is 4.72 Å². The molecule has 1 aromatic rings. The molecule has 1 aromatic carbocycles. The second-order valence-electron chi connectivity index (χ2n) is 5.70. The molecule has 138 valence electrons. The number of carbonyl (C=O) groups excluding carboxylic acids is 2. The van der Waals surface area contributed by atoms with E-state index in [1.54, 1.807) is 6.92 Å². The molecule has 0 atom stereocenters. The molecule has 6 nitrogen and oxygen atoms in total. The summed E-state index contributed by atoms with van der Waals surface area (Å²) in [6, 6.07) is 2.27. The van der Waals surface area contributed by atoms with Gasteiger partial charge < -0.3 is 4.74 Å². The van der Waals surface area contributed by atoms with Crippen LogP contribution in [0.1, 0.15) is 46.9 Å². The SMILES string of the molecule is CCC(=O)c1cc(Cl)c(F)c(C(=O)CNS(=O)(=O)C2CCOCC2)c1. The van der Waals surface area contributed by atoms with Gasteiger partial charge in [0.2, 0.25) is 10.0 Å². The monoisotopic (exact) mass is 391 g/mol. The van der Waals surface area contributed by atoms with Crippen molar-refractivity contribution in [2.45, 2.75) is 31.4 Å². The maximum absolute atomic E-state index is 14.1. The minimum Gasteiger partial charge on any atom is -0.381 e. The van der Waals surface area contributed by atoms with E-state index in [1.165, 1.54) is 0 Å². The Morgan fingerprint density at radius 1 is 1.28 bits per heavy atom. The second-order valence-corrected chi connectivity index (χ2v) is 8.15. The number of Topliss-reactive ketones (excluding diaryl/α,β-unsaturated/α-hetero) is 2. The summed E-state index contributed by atoms with van der Waals surface area (Å²) in [5, 5.41) is -0.995. The van der Waals surface area contributed by atoms with E-state index < -0.39 is 39.0 Å². The van der Waals surface area contributed by atoms with Crippen molar-refractivity contribution in [2.24, 2.45) is 0 Å². The Kier molecular flexibility index (Phi) is 6.67. The zero-order chi connectivity index (χ0) is 18.6. The molecule has 0 saturated carbocycles. The summed E-state index contributed by atoms with van der Waals surface area (Å²) in [6.07, 6.45) is 0.848. The molecule has 1 fully saturated rings. The van der Waals surface area contributed by atoms with Crippen molar-refractivity contribution in [1.29, 1.82) is 0 Å². The third kappa shape index (κ3) is 4.84. The smallest absolute Gasteiger partial charge is 0.215 e. The zero-order valence-corrected chi connectivity index (χ0v) is 15.3. The zero-order valence-electron chi connectivity index (χ0n) is 13.7. The number of ketones is 2. The molecular weight excluding hydrogens is 373 g/mol. The van der Waals surface area contributed by atoms with Gasteiger partial charge in [-0.15, -0.1) is 0 Å². The van der Waals surface area contributed by atoms with Gasteiger partial charge in [-0.2, -0.15) is 0 Å². The summed E-state index contributed by atoms with van der Waals surface area (Å²) in [5.74, 6) is -2.05.